The van der Waals surface area contributed by atoms with Crippen LogP contribution in [0.15, 0.2) is 54.7 Å². The number of ketones is 1. The predicted octanol–water partition coefficient (Wildman–Crippen LogP) is 3.14. The van der Waals surface area contributed by atoms with E-state index in [1.165, 1.54) is 10.6 Å². The fraction of sp³-hybridized carbons (Fsp3) is 0.286. The summed E-state index contributed by atoms with van der Waals surface area (Å²) in [6.45, 7) is 0.832. The zero-order valence-corrected chi connectivity index (χ0v) is 14.8. The molecule has 1 saturated heterocycles. The molecule has 1 aliphatic rings. The van der Waals surface area contributed by atoms with E-state index in [0.717, 1.165) is 18.4 Å². The van der Waals surface area contributed by atoms with Crippen molar-refractivity contribution in [1.82, 2.24) is 14.3 Å². The molecule has 0 saturated carbocycles. The van der Waals surface area contributed by atoms with Gasteiger partial charge in [0.25, 0.3) is 5.91 Å². The number of rotatable bonds is 4. The van der Waals surface area contributed by atoms with E-state index in [2.05, 4.69) is 4.98 Å². The number of amides is 1. The van der Waals surface area contributed by atoms with E-state index in [9.17, 15) is 14.0 Å². The lowest BCUT2D eigenvalue weighted by molar-refractivity contribution is -0.123. The number of halogens is 1. The second-order valence-corrected chi connectivity index (χ2v) is 6.90. The highest BCUT2D eigenvalue weighted by atomic mass is 19.1. The average molecular weight is 365 g/mol. The topological polar surface area (TPSA) is 54.7 Å². The highest BCUT2D eigenvalue weighted by Crippen LogP contribution is 2.22. The Morgan fingerprint density at radius 3 is 2.67 bits per heavy atom. The summed E-state index contributed by atoms with van der Waals surface area (Å²) in [5.41, 5.74) is 1.18. The molecule has 0 radical (unpaired) electrons. The third-order valence-corrected chi connectivity index (χ3v) is 5.06. The number of Topliss-reactive ketones (excluding diaryl/α,β-unsaturated/α-hetero) is 1. The van der Waals surface area contributed by atoms with Crippen LogP contribution >= 0.6 is 0 Å². The fourth-order valence-corrected chi connectivity index (χ4v) is 3.62. The zero-order valence-electron chi connectivity index (χ0n) is 14.8. The van der Waals surface area contributed by atoms with Crippen molar-refractivity contribution in [3.8, 4) is 0 Å². The van der Waals surface area contributed by atoms with E-state index in [0.29, 0.717) is 25.2 Å². The second kappa shape index (κ2) is 7.31. The molecule has 3 heterocycles. The molecule has 0 spiro atoms. The van der Waals surface area contributed by atoms with Crippen molar-refractivity contribution in [3.05, 3.63) is 71.9 Å². The minimum absolute atomic E-state index is 0.120. The van der Waals surface area contributed by atoms with Crippen molar-refractivity contribution < 1.29 is 14.0 Å². The number of carbonyl (C=O) groups excluding carboxylic acids is 2. The number of likely N-dealkylation sites (tertiary alicyclic amines) is 1. The van der Waals surface area contributed by atoms with Gasteiger partial charge >= 0.3 is 0 Å². The van der Waals surface area contributed by atoms with Gasteiger partial charge < -0.3 is 4.90 Å². The van der Waals surface area contributed by atoms with Crippen LogP contribution in [0.2, 0.25) is 0 Å². The van der Waals surface area contributed by atoms with Crippen molar-refractivity contribution in [2.75, 3.05) is 13.1 Å². The Hall–Kier alpha value is -3.02. The van der Waals surface area contributed by atoms with Gasteiger partial charge in [-0.15, -0.1) is 0 Å². The van der Waals surface area contributed by atoms with Gasteiger partial charge in [-0.1, -0.05) is 36.4 Å². The molecule has 4 rings (SSSR count). The fourth-order valence-electron chi connectivity index (χ4n) is 3.62. The Morgan fingerprint density at radius 2 is 1.89 bits per heavy atom. The summed E-state index contributed by atoms with van der Waals surface area (Å²) in [6.07, 6.45) is 3.38. The molecule has 1 unspecified atom stereocenters. The minimum Gasteiger partial charge on any atom is -0.336 e. The molecule has 0 bridgehead atoms. The van der Waals surface area contributed by atoms with E-state index in [4.69, 9.17) is 0 Å². The van der Waals surface area contributed by atoms with Crippen LogP contribution in [0, 0.1) is 11.9 Å². The Morgan fingerprint density at radius 1 is 1.11 bits per heavy atom. The second-order valence-electron chi connectivity index (χ2n) is 6.90. The molecule has 6 heteroatoms. The van der Waals surface area contributed by atoms with Gasteiger partial charge in [-0.3, -0.25) is 14.0 Å². The normalized spacial score (nSPS) is 17.2. The van der Waals surface area contributed by atoms with Gasteiger partial charge in [-0.25, -0.2) is 4.98 Å². The quantitative estimate of drug-likeness (QED) is 0.714. The smallest absolute Gasteiger partial charge is 0.277 e. The highest BCUT2D eigenvalue weighted by molar-refractivity contribution is 5.94. The summed E-state index contributed by atoms with van der Waals surface area (Å²) in [5.74, 6) is -1.21. The van der Waals surface area contributed by atoms with Crippen molar-refractivity contribution >= 4 is 17.3 Å². The summed E-state index contributed by atoms with van der Waals surface area (Å²) >= 11 is 0. The van der Waals surface area contributed by atoms with Gasteiger partial charge in [0.05, 0.1) is 0 Å². The van der Waals surface area contributed by atoms with Crippen LogP contribution in [0.3, 0.4) is 0 Å². The zero-order chi connectivity index (χ0) is 18.8. The highest BCUT2D eigenvalue weighted by Gasteiger charge is 2.31. The molecule has 138 valence electrons. The summed E-state index contributed by atoms with van der Waals surface area (Å²) in [5, 5.41) is 0. The molecule has 27 heavy (non-hydrogen) atoms. The van der Waals surface area contributed by atoms with Gasteiger partial charge in [-0.2, -0.15) is 4.39 Å². The summed E-state index contributed by atoms with van der Waals surface area (Å²) in [6, 6.07) is 14.7. The number of carbonyl (C=O) groups is 2. The molecule has 0 N–H and O–H groups in total. The van der Waals surface area contributed by atoms with E-state index in [-0.39, 0.29) is 17.4 Å². The molecule has 0 aliphatic carbocycles. The first-order valence-electron chi connectivity index (χ1n) is 9.12. The average Bonchev–Trinajstić information content (AvgIpc) is 3.05. The van der Waals surface area contributed by atoms with Crippen molar-refractivity contribution in [2.24, 2.45) is 5.92 Å². The lowest BCUT2D eigenvalue weighted by Crippen LogP contribution is -2.43. The molecule has 3 aromatic rings. The maximum atomic E-state index is 14.6. The summed E-state index contributed by atoms with van der Waals surface area (Å²) < 4.78 is 15.8. The van der Waals surface area contributed by atoms with Gasteiger partial charge in [0.1, 0.15) is 11.4 Å². The van der Waals surface area contributed by atoms with Gasteiger partial charge in [0.15, 0.2) is 5.69 Å². The summed E-state index contributed by atoms with van der Waals surface area (Å²) in [4.78, 5) is 31.2. The van der Waals surface area contributed by atoms with E-state index in [1.54, 1.807) is 23.1 Å². The predicted molar refractivity (Wildman–Crippen MR) is 98.9 cm³/mol. The first-order valence-corrected chi connectivity index (χ1v) is 9.12. The monoisotopic (exact) mass is 365 g/mol. The van der Waals surface area contributed by atoms with Crippen LogP contribution in [0.1, 0.15) is 28.9 Å². The standard InChI is InChI=1S/C21H20FN3O2/c22-20-19(23-18-10-4-5-12-25(18)20)21(27)24-11-6-9-16(14-24)17(26)13-15-7-2-1-3-8-15/h1-5,7-8,10,12,16H,6,9,11,13-14H2. The number of imidazole rings is 1. The number of pyridine rings is 1. The Labute approximate surface area is 156 Å². The lowest BCUT2D eigenvalue weighted by atomic mass is 9.90. The number of nitrogens with zero attached hydrogens (tertiary/aromatic N) is 3. The third-order valence-electron chi connectivity index (χ3n) is 5.06. The third kappa shape index (κ3) is 3.47. The number of hydrogen-bond acceptors (Lipinski definition) is 3. The van der Waals surface area contributed by atoms with E-state index >= 15 is 0 Å². The van der Waals surface area contributed by atoms with Gasteiger partial charge in [0, 0.05) is 31.6 Å². The van der Waals surface area contributed by atoms with Crippen LogP contribution in [0.25, 0.3) is 5.65 Å². The molecule has 2 aromatic heterocycles. The molecule has 1 atom stereocenters. The van der Waals surface area contributed by atoms with Crippen LogP contribution in [0.4, 0.5) is 4.39 Å². The maximum Gasteiger partial charge on any atom is 0.277 e. The van der Waals surface area contributed by atoms with Crippen molar-refractivity contribution in [3.63, 3.8) is 0 Å². The number of aromatic nitrogens is 2. The maximum absolute atomic E-state index is 14.6. The lowest BCUT2D eigenvalue weighted by Gasteiger charge is -2.31. The first-order chi connectivity index (χ1) is 13.1. The Bertz CT molecular complexity index is 984. The van der Waals surface area contributed by atoms with Crippen LogP contribution in [0.5, 0.6) is 0 Å². The number of piperidine rings is 1. The molecule has 1 amide bonds. The van der Waals surface area contributed by atoms with Crippen LogP contribution < -0.4 is 0 Å². The first kappa shape index (κ1) is 17.4. The molecule has 1 aliphatic heterocycles. The molecule has 1 fully saturated rings. The largest absolute Gasteiger partial charge is 0.336 e. The number of hydrogen-bond donors (Lipinski definition) is 0. The van der Waals surface area contributed by atoms with E-state index < -0.39 is 11.9 Å². The van der Waals surface area contributed by atoms with Gasteiger partial charge in [-0.05, 0) is 30.5 Å². The van der Waals surface area contributed by atoms with Crippen molar-refractivity contribution in [1.29, 1.82) is 0 Å². The number of fused-ring (bicyclic) bond motifs is 1. The van der Waals surface area contributed by atoms with Crippen LogP contribution in [-0.2, 0) is 11.2 Å². The molecule has 5 nitrogen and oxygen atoms in total. The Balaban J connectivity index is 1.49. The molecular formula is C21H20FN3O2. The SMILES string of the molecule is O=C(Cc1ccccc1)C1CCCN(C(=O)c2nc3ccccn3c2F)C1. The van der Waals surface area contributed by atoms with Crippen LogP contribution in [-0.4, -0.2) is 39.1 Å². The number of benzene rings is 1. The molecular weight excluding hydrogens is 345 g/mol. The van der Waals surface area contributed by atoms with E-state index in [1.807, 2.05) is 30.3 Å². The van der Waals surface area contributed by atoms with Crippen molar-refractivity contribution in [2.45, 2.75) is 19.3 Å². The molecule has 1 aromatic carbocycles. The minimum atomic E-state index is -0.659. The Kier molecular flexibility index (Phi) is 4.71. The van der Waals surface area contributed by atoms with Gasteiger partial charge in [0.2, 0.25) is 5.95 Å². The summed E-state index contributed by atoms with van der Waals surface area (Å²) in [7, 11) is 0.